The Morgan fingerprint density at radius 3 is 1.56 bits per heavy atom. The van der Waals surface area contributed by atoms with Crippen LogP contribution < -0.4 is 4.90 Å². The highest BCUT2D eigenvalue weighted by Crippen LogP contribution is 2.37. The molecule has 0 saturated carbocycles. The number of rotatable bonds is 10. The third kappa shape index (κ3) is 18.4. The van der Waals surface area contributed by atoms with Crippen molar-refractivity contribution in [1.82, 2.24) is 0 Å². The maximum Gasteiger partial charge on any atom is 0.323 e. The highest BCUT2D eigenvalue weighted by Gasteiger charge is 2.27. The van der Waals surface area contributed by atoms with Gasteiger partial charge in [-0.2, -0.15) is 0 Å². The van der Waals surface area contributed by atoms with Crippen molar-refractivity contribution in [2.24, 2.45) is 0 Å². The van der Waals surface area contributed by atoms with Gasteiger partial charge in [0.15, 0.2) is 19.7 Å². The van der Waals surface area contributed by atoms with Crippen molar-refractivity contribution in [2.45, 2.75) is 151 Å². The molecule has 1 aliphatic carbocycles. The molecule has 4 rings (SSSR count). The van der Waals surface area contributed by atoms with Gasteiger partial charge in [0.25, 0.3) is 0 Å². The molecule has 2 aromatic rings. The molecule has 0 amide bonds. The van der Waals surface area contributed by atoms with E-state index in [0.29, 0.717) is 35.6 Å². The number of hydrogen-bond acceptors (Lipinski definition) is 7. The first-order chi connectivity index (χ1) is 23.9. The van der Waals surface area contributed by atoms with Crippen molar-refractivity contribution >= 4 is 37.3 Å². The average molecular weight is 746 g/mol. The summed E-state index contributed by atoms with van der Waals surface area (Å²) in [7, 11) is -6.44. The Labute approximate surface area is 306 Å². The number of hydrogen-bond donors (Lipinski definition) is 2. The quantitative estimate of drug-likeness (QED) is 0.243. The summed E-state index contributed by atoms with van der Waals surface area (Å²) >= 11 is 0. The van der Waals surface area contributed by atoms with Crippen LogP contribution in [-0.2, 0) is 42.1 Å². The predicted octanol–water partition coefficient (Wildman–Crippen LogP) is 9.85. The number of anilines is 1. The number of aliphatic carboxylic acids is 2. The first-order valence-electron chi connectivity index (χ1n) is 18.8. The van der Waals surface area contributed by atoms with E-state index in [0.717, 1.165) is 35.2 Å². The topological polar surface area (TPSA) is 146 Å². The van der Waals surface area contributed by atoms with E-state index in [-0.39, 0.29) is 30.4 Å². The molecule has 50 heavy (non-hydrogen) atoms. The van der Waals surface area contributed by atoms with Gasteiger partial charge in [-0.15, -0.1) is 0 Å². The third-order valence-electron chi connectivity index (χ3n) is 6.77. The maximum atomic E-state index is 12.0. The van der Waals surface area contributed by atoms with E-state index in [1.165, 1.54) is 0 Å². The molecule has 1 unspecified atom stereocenters. The molecule has 0 saturated heterocycles. The fraction of sp³-hybridized carbons (Fsp3) is 0.641. The largest absolute Gasteiger partial charge is 0.481 e. The summed E-state index contributed by atoms with van der Waals surface area (Å²) < 4.78 is 48.1. The second-order valence-corrected chi connectivity index (χ2v) is 13.9. The van der Waals surface area contributed by atoms with Crippen molar-refractivity contribution in [3.8, 4) is 0 Å². The Morgan fingerprint density at radius 1 is 0.660 bits per heavy atom. The zero-order chi connectivity index (χ0) is 40.1. The summed E-state index contributed by atoms with van der Waals surface area (Å²) in [6.45, 7) is 28.2. The fourth-order valence-electron chi connectivity index (χ4n) is 5.02. The van der Waals surface area contributed by atoms with Gasteiger partial charge in [0, 0.05) is 12.2 Å². The second kappa shape index (κ2) is 30.9. The van der Waals surface area contributed by atoms with Gasteiger partial charge < -0.3 is 15.1 Å². The van der Waals surface area contributed by atoms with Crippen LogP contribution >= 0.6 is 0 Å². The van der Waals surface area contributed by atoms with Crippen LogP contribution in [0.3, 0.4) is 0 Å². The van der Waals surface area contributed by atoms with E-state index < -0.39 is 31.6 Å². The Hall–Kier alpha value is -2.92. The normalized spacial score (nSPS) is 13.2. The lowest BCUT2D eigenvalue weighted by atomic mass is 9.98. The number of aryl methyl sites for hydroxylation is 1. The molecule has 0 radical (unpaired) electrons. The van der Waals surface area contributed by atoms with Gasteiger partial charge in [-0.1, -0.05) is 103 Å². The molecular weight excluding hydrogens is 675 g/mol. The first kappa shape index (κ1) is 53.9. The van der Waals surface area contributed by atoms with E-state index in [2.05, 4.69) is 0 Å². The number of carboxylic acid groups (broad SMARTS) is 2. The molecule has 1 heterocycles. The monoisotopic (exact) mass is 745 g/mol. The maximum absolute atomic E-state index is 12.0. The van der Waals surface area contributed by atoms with E-state index in [1.54, 1.807) is 35.2 Å². The van der Waals surface area contributed by atoms with Crippen LogP contribution in [0.5, 0.6) is 0 Å². The van der Waals surface area contributed by atoms with Crippen LogP contribution in [0.25, 0.3) is 0 Å². The lowest BCUT2D eigenvalue weighted by Gasteiger charge is -2.16. The Kier molecular flexibility index (Phi) is 33.3. The van der Waals surface area contributed by atoms with Crippen LogP contribution in [0.1, 0.15) is 145 Å². The Morgan fingerprint density at radius 2 is 1.12 bits per heavy atom. The van der Waals surface area contributed by atoms with Gasteiger partial charge in [-0.25, -0.2) is 16.8 Å². The molecule has 1 aliphatic heterocycles. The molecule has 2 aromatic carbocycles. The molecule has 2 N–H and O–H groups in total. The van der Waals surface area contributed by atoms with Gasteiger partial charge in [0.1, 0.15) is 6.54 Å². The summed E-state index contributed by atoms with van der Waals surface area (Å²) in [6, 6.07) is 10.1. The molecule has 0 spiro atoms. The highest BCUT2D eigenvalue weighted by atomic mass is 32.2. The van der Waals surface area contributed by atoms with Crippen molar-refractivity contribution in [3.05, 3.63) is 53.1 Å². The number of carboxylic acids is 2. The molecule has 0 aromatic heterocycles. The van der Waals surface area contributed by atoms with Crippen LogP contribution in [0.2, 0.25) is 0 Å². The number of carbonyl (C=O) groups is 2. The lowest BCUT2D eigenvalue weighted by molar-refractivity contribution is -0.137. The second-order valence-electron chi connectivity index (χ2n) is 9.69. The summed E-state index contributed by atoms with van der Waals surface area (Å²) in [4.78, 5) is 24.0. The molecule has 0 fully saturated rings. The predicted molar refractivity (Wildman–Crippen MR) is 213 cm³/mol. The fourth-order valence-corrected chi connectivity index (χ4v) is 7.75. The van der Waals surface area contributed by atoms with Gasteiger partial charge in [0.05, 0.1) is 27.7 Å². The summed E-state index contributed by atoms with van der Waals surface area (Å²) in [5, 5.41) is 17.7. The summed E-state index contributed by atoms with van der Waals surface area (Å²) in [5.41, 5.74) is 3.73. The van der Waals surface area contributed by atoms with Crippen molar-refractivity contribution in [1.29, 1.82) is 0 Å². The number of benzene rings is 2. The van der Waals surface area contributed by atoms with E-state index in [9.17, 15) is 26.4 Å². The van der Waals surface area contributed by atoms with Gasteiger partial charge in [0.2, 0.25) is 0 Å². The van der Waals surface area contributed by atoms with Crippen LogP contribution in [0.15, 0.2) is 46.2 Å². The van der Waals surface area contributed by atoms with Crippen molar-refractivity contribution in [3.63, 3.8) is 0 Å². The molecular formula is C39H71NO8S2. The molecule has 2 aliphatic rings. The highest BCUT2D eigenvalue weighted by molar-refractivity contribution is 7.91. The molecule has 292 valence electrons. The summed E-state index contributed by atoms with van der Waals surface area (Å²) in [6.07, 6.45) is 3.56. The van der Waals surface area contributed by atoms with Gasteiger partial charge in [-0.05, 0) is 85.0 Å². The van der Waals surface area contributed by atoms with Gasteiger partial charge in [-0.3, -0.25) is 9.59 Å². The molecule has 11 heteroatoms. The third-order valence-corrected chi connectivity index (χ3v) is 10.6. The van der Waals surface area contributed by atoms with Crippen LogP contribution in [-0.4, -0.2) is 63.6 Å². The van der Waals surface area contributed by atoms with E-state index in [4.69, 9.17) is 10.2 Å². The minimum atomic E-state index is -3.23. The Balaban J connectivity index is -0.000000326. The minimum Gasteiger partial charge on any atom is -0.481 e. The zero-order valence-corrected chi connectivity index (χ0v) is 35.4. The van der Waals surface area contributed by atoms with E-state index >= 15 is 0 Å². The number of nitrogens with zero attached hydrogens (tertiary/aromatic N) is 1. The van der Waals surface area contributed by atoms with Gasteiger partial charge >= 0.3 is 11.9 Å². The first-order valence-corrected chi connectivity index (χ1v) is 22.1. The van der Waals surface area contributed by atoms with Crippen molar-refractivity contribution in [2.75, 3.05) is 29.5 Å². The van der Waals surface area contributed by atoms with Crippen LogP contribution in [0.4, 0.5) is 5.69 Å². The molecule has 9 nitrogen and oxygen atoms in total. The minimum absolute atomic E-state index is 0.0476. The zero-order valence-electron chi connectivity index (χ0n) is 33.7. The van der Waals surface area contributed by atoms with Crippen molar-refractivity contribution < 1.29 is 36.6 Å². The van der Waals surface area contributed by atoms with E-state index in [1.807, 2.05) is 103 Å². The number of fused-ring (bicyclic) bond motifs is 2. The smallest absolute Gasteiger partial charge is 0.323 e. The Bertz CT molecular complexity index is 1410. The lowest BCUT2D eigenvalue weighted by Crippen LogP contribution is -2.27. The number of sulfone groups is 2. The average Bonchev–Trinajstić information content (AvgIpc) is 3.72. The summed E-state index contributed by atoms with van der Waals surface area (Å²) in [5.74, 6) is -1.49. The standard InChI is InChI=1S/C14H18O4S.C13H17NO4S.6C2H6/c1-2-7-19(17,18)12-6-5-10-3-4-11(8-14(15)16)13(10)9-12;1-2-7-19(17,18)11-3-4-12-10(8-11)5-6-14(12)9-13(15)16;6*1-2/h5-6,9,11H,2-4,7-8H2,1H3,(H,15,16);3-4,8H,2,5-7,9H2,1H3,(H,15,16);6*1-2H3. The SMILES string of the molecule is CC.CC.CC.CC.CC.CC.CCCS(=O)(=O)c1ccc2c(c1)C(CC(=O)O)CC2.CCCS(=O)(=O)c1ccc2c(c1)CCN2CC(=O)O. The molecule has 1 atom stereocenters. The molecule has 0 bridgehead atoms. The van der Waals surface area contributed by atoms with Crippen LogP contribution in [0, 0.1) is 0 Å².